The number of ether oxygens (including phenoxy) is 3. The quantitative estimate of drug-likeness (QED) is 0.520. The Hall–Kier alpha value is -2.21. The van der Waals surface area contributed by atoms with Crippen LogP contribution in [-0.2, 0) is 13.5 Å². The van der Waals surface area contributed by atoms with Crippen LogP contribution in [0, 0.1) is 7.14 Å². The van der Waals surface area contributed by atoms with Crippen LogP contribution in [0.3, 0.4) is 0 Å². The van der Waals surface area contributed by atoms with Gasteiger partial charge in [0.05, 0.1) is 0 Å². The number of rotatable bonds is 7. The fourth-order valence-electron chi connectivity index (χ4n) is 2.41. The minimum absolute atomic E-state index is 0.179. The molecule has 2 aromatic rings. The maximum absolute atomic E-state index is 13.0. The Balaban J connectivity index is 2.67. The second-order valence-electron chi connectivity index (χ2n) is 6.52. The van der Waals surface area contributed by atoms with Crippen LogP contribution in [0.1, 0.15) is 19.4 Å². The van der Waals surface area contributed by atoms with Crippen molar-refractivity contribution in [1.82, 2.24) is 0 Å². The van der Waals surface area contributed by atoms with E-state index in [2.05, 4.69) is 0 Å². The fourth-order valence-corrected chi connectivity index (χ4v) is 6.89. The topological polar surface area (TPSA) is 74.2 Å². The van der Waals surface area contributed by atoms with Gasteiger partial charge in [-0.2, -0.15) is 0 Å². The number of hydrogen-bond donors (Lipinski definition) is 1. The Morgan fingerprint density at radius 2 is 1.43 bits per heavy atom. The molecule has 30 heavy (non-hydrogen) atoms. The van der Waals surface area contributed by atoms with E-state index < -0.39 is 38.0 Å². The van der Waals surface area contributed by atoms with Gasteiger partial charge in [-0.05, 0) is 0 Å². The van der Waals surface area contributed by atoms with Gasteiger partial charge in [0.25, 0.3) is 0 Å². The van der Waals surface area contributed by atoms with Crippen molar-refractivity contribution < 1.29 is 40.3 Å². The molecule has 0 radical (unpaired) electrons. The van der Waals surface area contributed by atoms with Crippen molar-refractivity contribution in [2.24, 2.45) is 0 Å². The van der Waals surface area contributed by atoms with Crippen molar-refractivity contribution >= 4 is 26.2 Å². The van der Waals surface area contributed by atoms with E-state index >= 15 is 0 Å². The summed E-state index contributed by atoms with van der Waals surface area (Å²) in [5.74, 6) is -1.57. The minimum atomic E-state index is -5.16. The van der Waals surface area contributed by atoms with Gasteiger partial charge in [0.15, 0.2) is 0 Å². The van der Waals surface area contributed by atoms with E-state index in [1.807, 2.05) is 0 Å². The van der Waals surface area contributed by atoms with Crippen LogP contribution in [0.2, 0.25) is 0 Å². The van der Waals surface area contributed by atoms with Crippen molar-refractivity contribution in [2.45, 2.75) is 25.6 Å². The van der Waals surface area contributed by atoms with Gasteiger partial charge in [-0.25, -0.2) is 0 Å². The first-order valence-corrected chi connectivity index (χ1v) is 11.6. The monoisotopic (exact) mass is 542 g/mol. The Morgan fingerprint density at radius 1 is 0.933 bits per heavy atom. The molecule has 2 rings (SSSR count). The Labute approximate surface area is 179 Å². The summed E-state index contributed by atoms with van der Waals surface area (Å²) in [5, 5.41) is 10.1. The van der Waals surface area contributed by atoms with Gasteiger partial charge < -0.3 is 0 Å². The molecule has 1 N–H and O–H groups in total. The summed E-state index contributed by atoms with van der Waals surface area (Å²) in [6.07, 6.45) is -5.16. The van der Waals surface area contributed by atoms with Crippen molar-refractivity contribution in [1.29, 1.82) is 0 Å². The molecule has 0 saturated heterocycles. The van der Waals surface area contributed by atoms with Crippen LogP contribution in [-0.4, -0.2) is 38.6 Å². The summed E-state index contributed by atoms with van der Waals surface area (Å²) >= 11 is -3.51. The van der Waals surface area contributed by atoms with Crippen LogP contribution >= 0.6 is 20.2 Å². The molecule has 0 aromatic heterocycles. The zero-order chi connectivity index (χ0) is 22.7. The first-order chi connectivity index (χ1) is 13.9. The summed E-state index contributed by atoms with van der Waals surface area (Å²) in [7, 11) is 4.10. The molecule has 0 heterocycles. The molecule has 0 bridgehead atoms. The molecule has 0 aliphatic heterocycles. The zero-order valence-corrected chi connectivity index (χ0v) is 19.1. The van der Waals surface area contributed by atoms with E-state index in [0.717, 1.165) is 0 Å². The number of halogens is 4. The van der Waals surface area contributed by atoms with Gasteiger partial charge in [-0.15, -0.1) is 0 Å². The molecule has 10 heteroatoms. The van der Waals surface area contributed by atoms with Crippen molar-refractivity contribution in [3.63, 3.8) is 0 Å². The number of benzene rings is 2. The average Bonchev–Trinajstić information content (AvgIpc) is 2.69. The Kier molecular flexibility index (Phi) is 7.45. The number of alkyl halides is 3. The maximum atomic E-state index is 13.0. The number of hydrogen-bond acceptors (Lipinski definition) is 6. The predicted molar refractivity (Wildman–Crippen MR) is 111 cm³/mol. The standard InChI is InChI=1S/C20H22F3IO6/c1-19(2,26)12-6-8-13(9-7-12)24(30-18(25)20(21,22)23)17-15(28-4)10-14(27-3)11-16(17)29-5/h6-11,26H,1-5H3. The van der Waals surface area contributed by atoms with Crippen LogP contribution in [0.5, 0.6) is 17.2 Å². The van der Waals surface area contributed by atoms with Crippen molar-refractivity contribution in [3.05, 3.63) is 49.1 Å². The Bertz CT molecular complexity index is 866. The first kappa shape index (κ1) is 24.1. The van der Waals surface area contributed by atoms with Gasteiger partial charge in [-0.1, -0.05) is 0 Å². The number of methoxy groups -OCH3 is 3. The molecular weight excluding hydrogens is 520 g/mol. The fraction of sp³-hybridized carbons (Fsp3) is 0.350. The third kappa shape index (κ3) is 5.48. The van der Waals surface area contributed by atoms with Crippen LogP contribution in [0.25, 0.3) is 0 Å². The molecule has 0 unspecified atom stereocenters. The van der Waals surface area contributed by atoms with Crippen LogP contribution < -0.4 is 14.2 Å². The number of carbonyl (C=O) groups is 1. The van der Waals surface area contributed by atoms with Crippen LogP contribution in [0.4, 0.5) is 13.2 Å². The molecule has 166 valence electrons. The predicted octanol–water partition coefficient (Wildman–Crippen LogP) is 4.51. The van der Waals surface area contributed by atoms with Gasteiger partial charge >= 0.3 is 180 Å². The van der Waals surface area contributed by atoms with Gasteiger partial charge in [0, 0.05) is 0 Å². The first-order valence-electron chi connectivity index (χ1n) is 8.54. The SMILES string of the molecule is COc1cc(OC)c(I(OC(=O)C(F)(F)F)c2ccc(C(C)(C)O)cc2)c(OC)c1. The third-order valence-electron chi connectivity index (χ3n) is 3.95. The molecule has 6 nitrogen and oxygen atoms in total. The van der Waals surface area contributed by atoms with Gasteiger partial charge in [-0.3, -0.25) is 0 Å². The second-order valence-corrected chi connectivity index (χ2v) is 10.7. The van der Waals surface area contributed by atoms with E-state index in [-0.39, 0.29) is 15.1 Å². The molecule has 0 amide bonds. The third-order valence-corrected chi connectivity index (χ3v) is 8.69. The second kappa shape index (κ2) is 9.29. The van der Waals surface area contributed by atoms with E-state index in [1.165, 1.54) is 45.6 Å². The van der Waals surface area contributed by atoms with E-state index in [0.29, 0.717) is 14.9 Å². The molecule has 0 aliphatic carbocycles. The molecule has 0 aliphatic rings. The summed E-state index contributed by atoms with van der Waals surface area (Å²) < 4.78 is 60.4. The number of carbonyl (C=O) groups excluding carboxylic acids is 1. The van der Waals surface area contributed by atoms with E-state index in [9.17, 15) is 23.1 Å². The normalized spacial score (nSPS) is 12.2. The van der Waals surface area contributed by atoms with E-state index in [4.69, 9.17) is 17.3 Å². The molecule has 2 aromatic carbocycles. The van der Waals surface area contributed by atoms with Crippen LogP contribution in [0.15, 0.2) is 36.4 Å². The van der Waals surface area contributed by atoms with Gasteiger partial charge in [0.2, 0.25) is 0 Å². The van der Waals surface area contributed by atoms with Crippen molar-refractivity contribution in [2.75, 3.05) is 21.3 Å². The molecule has 0 saturated carbocycles. The molecule has 0 fully saturated rings. The molecular formula is C20H22F3IO6. The molecule has 0 spiro atoms. The van der Waals surface area contributed by atoms with E-state index in [1.54, 1.807) is 26.0 Å². The summed E-state index contributed by atoms with van der Waals surface area (Å²) in [5.41, 5.74) is -0.590. The Morgan fingerprint density at radius 3 is 1.80 bits per heavy atom. The summed E-state index contributed by atoms with van der Waals surface area (Å²) in [6, 6.07) is 9.17. The van der Waals surface area contributed by atoms with Gasteiger partial charge in [0.1, 0.15) is 0 Å². The summed E-state index contributed by atoms with van der Waals surface area (Å²) in [6.45, 7) is 3.16. The zero-order valence-electron chi connectivity index (χ0n) is 17.0. The average molecular weight is 542 g/mol. The van der Waals surface area contributed by atoms with Crippen molar-refractivity contribution in [3.8, 4) is 17.2 Å². The number of aliphatic hydroxyl groups is 1. The summed E-state index contributed by atoms with van der Waals surface area (Å²) in [4.78, 5) is 11.7. The molecule has 0 atom stereocenters.